The minimum Gasteiger partial charge on any atom is -0.480 e. The summed E-state index contributed by atoms with van der Waals surface area (Å²) in [5, 5.41) is 14.1. The summed E-state index contributed by atoms with van der Waals surface area (Å²) in [6, 6.07) is -0.730. The molecule has 19 heavy (non-hydrogen) atoms. The average Bonchev–Trinajstić information content (AvgIpc) is 2.33. The minimum absolute atomic E-state index is 0.409. The number of hydrogen-bond donors (Lipinski definition) is 3. The molecular weight excluding hydrogens is 246 g/mol. The summed E-state index contributed by atoms with van der Waals surface area (Å²) >= 11 is 0. The van der Waals surface area contributed by atoms with Crippen LogP contribution in [0.2, 0.25) is 0 Å². The smallest absolute Gasteiger partial charge is 0.326 e. The van der Waals surface area contributed by atoms with Crippen molar-refractivity contribution in [2.75, 3.05) is 20.1 Å². The normalized spacial score (nSPS) is 12.5. The van der Waals surface area contributed by atoms with Crippen LogP contribution >= 0.6 is 0 Å². The van der Waals surface area contributed by atoms with Crippen LogP contribution in [-0.4, -0.2) is 54.2 Å². The van der Waals surface area contributed by atoms with Crippen LogP contribution in [0.1, 0.15) is 40.0 Å². The quantitative estimate of drug-likeness (QED) is 0.553. The van der Waals surface area contributed by atoms with Crippen molar-refractivity contribution in [3.63, 3.8) is 0 Å². The lowest BCUT2D eigenvalue weighted by molar-refractivity contribution is -0.139. The van der Waals surface area contributed by atoms with Crippen LogP contribution < -0.4 is 10.6 Å². The second kappa shape index (κ2) is 9.61. The van der Waals surface area contributed by atoms with Gasteiger partial charge in [-0.3, -0.25) is 0 Å². The predicted octanol–water partition coefficient (Wildman–Crippen LogP) is 1.27. The lowest BCUT2D eigenvalue weighted by atomic mass is 10.2. The highest BCUT2D eigenvalue weighted by molar-refractivity contribution is 5.82. The number of carbonyl (C=O) groups is 2. The first kappa shape index (κ1) is 17.7. The van der Waals surface area contributed by atoms with E-state index in [0.717, 1.165) is 19.4 Å². The molecule has 0 spiro atoms. The van der Waals surface area contributed by atoms with Gasteiger partial charge in [0.25, 0.3) is 0 Å². The highest BCUT2D eigenvalue weighted by Crippen LogP contribution is 1.97. The molecule has 0 rings (SSSR count). The number of amides is 2. The van der Waals surface area contributed by atoms with E-state index in [1.54, 1.807) is 0 Å². The number of carbonyl (C=O) groups excluding carboxylic acids is 1. The fraction of sp³-hybridized carbons (Fsp3) is 0.846. The summed E-state index contributed by atoms with van der Waals surface area (Å²) in [6.45, 7) is 7.55. The van der Waals surface area contributed by atoms with Gasteiger partial charge >= 0.3 is 12.0 Å². The van der Waals surface area contributed by atoms with Crippen molar-refractivity contribution < 1.29 is 14.7 Å². The van der Waals surface area contributed by atoms with Gasteiger partial charge in [-0.1, -0.05) is 13.3 Å². The van der Waals surface area contributed by atoms with Crippen molar-refractivity contribution in [1.29, 1.82) is 0 Å². The number of carboxylic acids is 1. The number of nitrogens with zero attached hydrogens (tertiary/aromatic N) is 1. The number of aliphatic carboxylic acids is 1. The number of urea groups is 1. The van der Waals surface area contributed by atoms with Crippen LogP contribution in [0.3, 0.4) is 0 Å². The molecule has 0 saturated heterocycles. The van der Waals surface area contributed by atoms with Gasteiger partial charge in [-0.05, 0) is 40.3 Å². The van der Waals surface area contributed by atoms with E-state index in [1.807, 2.05) is 14.0 Å². The molecule has 0 radical (unpaired) electrons. The summed E-state index contributed by atoms with van der Waals surface area (Å²) in [4.78, 5) is 24.6. The maximum atomic E-state index is 11.5. The van der Waals surface area contributed by atoms with Gasteiger partial charge in [0.05, 0.1) is 0 Å². The summed E-state index contributed by atoms with van der Waals surface area (Å²) in [6.07, 6.45) is 2.00. The van der Waals surface area contributed by atoms with Crippen LogP contribution in [-0.2, 0) is 4.79 Å². The van der Waals surface area contributed by atoms with E-state index in [0.29, 0.717) is 19.0 Å². The first-order valence-corrected chi connectivity index (χ1v) is 6.85. The van der Waals surface area contributed by atoms with Crippen LogP contribution in [0.5, 0.6) is 0 Å². The molecule has 0 fully saturated rings. The Bertz CT molecular complexity index is 282. The minimum atomic E-state index is -0.989. The van der Waals surface area contributed by atoms with E-state index in [-0.39, 0.29) is 0 Å². The third kappa shape index (κ3) is 8.42. The Morgan fingerprint density at radius 3 is 2.42 bits per heavy atom. The maximum absolute atomic E-state index is 11.5. The van der Waals surface area contributed by atoms with Crippen molar-refractivity contribution in [3.05, 3.63) is 0 Å². The van der Waals surface area contributed by atoms with Crippen molar-refractivity contribution in [1.82, 2.24) is 15.5 Å². The highest BCUT2D eigenvalue weighted by Gasteiger charge is 2.18. The SMILES string of the molecule is CCCC(NC(=O)NCCCN(C)C(C)C)C(=O)O. The third-order valence-corrected chi connectivity index (χ3v) is 3.04. The fourth-order valence-corrected chi connectivity index (χ4v) is 1.54. The van der Waals surface area contributed by atoms with Gasteiger partial charge in [0.15, 0.2) is 0 Å². The third-order valence-electron chi connectivity index (χ3n) is 3.04. The standard InChI is InChI=1S/C13H27N3O3/c1-5-7-11(12(17)18)15-13(19)14-8-6-9-16(4)10(2)3/h10-11H,5-9H2,1-4H3,(H,17,18)(H2,14,15,19). The van der Waals surface area contributed by atoms with E-state index >= 15 is 0 Å². The molecule has 3 N–H and O–H groups in total. The highest BCUT2D eigenvalue weighted by atomic mass is 16.4. The van der Waals surface area contributed by atoms with Crippen molar-refractivity contribution >= 4 is 12.0 Å². The van der Waals surface area contributed by atoms with E-state index in [1.165, 1.54) is 0 Å². The zero-order valence-electron chi connectivity index (χ0n) is 12.4. The predicted molar refractivity (Wildman–Crippen MR) is 75.2 cm³/mol. The van der Waals surface area contributed by atoms with Gasteiger partial charge in [-0.2, -0.15) is 0 Å². The molecule has 0 aliphatic rings. The first-order valence-electron chi connectivity index (χ1n) is 6.85. The van der Waals surface area contributed by atoms with Crippen LogP contribution in [0.25, 0.3) is 0 Å². The van der Waals surface area contributed by atoms with Crippen molar-refractivity contribution in [2.24, 2.45) is 0 Å². The van der Waals surface area contributed by atoms with E-state index in [2.05, 4.69) is 29.4 Å². The summed E-state index contributed by atoms with van der Waals surface area (Å²) in [5.74, 6) is -0.989. The summed E-state index contributed by atoms with van der Waals surface area (Å²) < 4.78 is 0. The molecule has 112 valence electrons. The van der Waals surface area contributed by atoms with Gasteiger partial charge in [0.1, 0.15) is 6.04 Å². The van der Waals surface area contributed by atoms with E-state index < -0.39 is 18.0 Å². The van der Waals surface area contributed by atoms with Crippen LogP contribution in [0.15, 0.2) is 0 Å². The number of nitrogens with one attached hydrogen (secondary N) is 2. The molecule has 0 bridgehead atoms. The van der Waals surface area contributed by atoms with Gasteiger partial charge < -0.3 is 20.6 Å². The number of rotatable bonds is 9. The lowest BCUT2D eigenvalue weighted by Crippen LogP contribution is -2.46. The second-order valence-electron chi connectivity index (χ2n) is 5.01. The Morgan fingerprint density at radius 1 is 1.32 bits per heavy atom. The molecular formula is C13H27N3O3. The molecule has 6 nitrogen and oxygen atoms in total. The van der Waals surface area contributed by atoms with E-state index in [9.17, 15) is 9.59 Å². The largest absolute Gasteiger partial charge is 0.480 e. The topological polar surface area (TPSA) is 81.7 Å². The molecule has 0 aliphatic carbocycles. The van der Waals surface area contributed by atoms with Gasteiger partial charge in [0, 0.05) is 12.6 Å². The lowest BCUT2D eigenvalue weighted by Gasteiger charge is -2.21. The fourth-order valence-electron chi connectivity index (χ4n) is 1.54. The molecule has 0 aromatic rings. The monoisotopic (exact) mass is 273 g/mol. The number of hydrogen-bond acceptors (Lipinski definition) is 3. The van der Waals surface area contributed by atoms with Crippen LogP contribution in [0, 0.1) is 0 Å². The maximum Gasteiger partial charge on any atom is 0.326 e. The Hall–Kier alpha value is -1.30. The Balaban J connectivity index is 3.83. The van der Waals surface area contributed by atoms with Gasteiger partial charge in [-0.25, -0.2) is 9.59 Å². The molecule has 0 saturated carbocycles. The molecule has 0 aromatic heterocycles. The summed E-state index contributed by atoms with van der Waals surface area (Å²) in [5.41, 5.74) is 0. The van der Waals surface area contributed by atoms with E-state index in [4.69, 9.17) is 5.11 Å². The van der Waals surface area contributed by atoms with Crippen LogP contribution in [0.4, 0.5) is 4.79 Å². The first-order chi connectivity index (χ1) is 8.88. The average molecular weight is 273 g/mol. The molecule has 2 amide bonds. The molecule has 1 unspecified atom stereocenters. The number of carboxylic acid groups (broad SMARTS) is 1. The molecule has 1 atom stereocenters. The molecule has 0 heterocycles. The Morgan fingerprint density at radius 2 is 1.95 bits per heavy atom. The Kier molecular flexibility index (Phi) is 8.95. The zero-order chi connectivity index (χ0) is 14.8. The van der Waals surface area contributed by atoms with Crippen molar-refractivity contribution in [2.45, 2.75) is 52.1 Å². The Labute approximate surface area is 115 Å². The van der Waals surface area contributed by atoms with Crippen molar-refractivity contribution in [3.8, 4) is 0 Å². The van der Waals surface area contributed by atoms with Gasteiger partial charge in [-0.15, -0.1) is 0 Å². The van der Waals surface area contributed by atoms with Gasteiger partial charge in [0.2, 0.25) is 0 Å². The molecule has 6 heteroatoms. The molecule has 0 aliphatic heterocycles. The molecule has 0 aromatic carbocycles. The zero-order valence-corrected chi connectivity index (χ0v) is 12.4. The summed E-state index contributed by atoms with van der Waals surface area (Å²) in [7, 11) is 2.03. The second-order valence-corrected chi connectivity index (χ2v) is 5.01.